The zero-order valence-corrected chi connectivity index (χ0v) is 15.9. The van der Waals surface area contributed by atoms with Crippen molar-refractivity contribution in [1.82, 2.24) is 10.6 Å². The summed E-state index contributed by atoms with van der Waals surface area (Å²) in [5.74, 6) is 1.61. The van der Waals surface area contributed by atoms with E-state index in [1.807, 2.05) is 6.92 Å². The van der Waals surface area contributed by atoms with Crippen molar-refractivity contribution in [2.24, 2.45) is 4.99 Å². The van der Waals surface area contributed by atoms with Gasteiger partial charge >= 0.3 is 0 Å². The Labute approximate surface area is 156 Å². The summed E-state index contributed by atoms with van der Waals surface area (Å²) in [4.78, 5) is 4.68. The number of aliphatic imine (C=N–C) groups is 1. The van der Waals surface area contributed by atoms with Crippen LogP contribution in [0.2, 0.25) is 0 Å². The summed E-state index contributed by atoms with van der Waals surface area (Å²) >= 11 is 0. The van der Waals surface area contributed by atoms with Crippen LogP contribution in [-0.2, 0) is 11.3 Å². The van der Waals surface area contributed by atoms with Crippen molar-refractivity contribution in [1.29, 1.82) is 0 Å². The third kappa shape index (κ3) is 5.11. The Morgan fingerprint density at radius 3 is 2.88 bits per heavy atom. The molecule has 0 radical (unpaired) electrons. The first-order chi connectivity index (χ1) is 12.6. The van der Waals surface area contributed by atoms with Gasteiger partial charge in [-0.3, -0.25) is 0 Å². The molecular formula is C20H31N3O3. The topological polar surface area (TPSA) is 75.1 Å². The second-order valence-electron chi connectivity index (χ2n) is 7.34. The number of hydrogen-bond donors (Lipinski definition) is 3. The molecule has 1 unspecified atom stereocenters. The van der Waals surface area contributed by atoms with Crippen molar-refractivity contribution in [3.63, 3.8) is 0 Å². The summed E-state index contributed by atoms with van der Waals surface area (Å²) < 4.78 is 11.6. The molecule has 1 saturated carbocycles. The number of aryl methyl sites for hydroxylation is 1. The molecule has 1 saturated heterocycles. The van der Waals surface area contributed by atoms with Crippen LogP contribution in [0, 0.1) is 6.92 Å². The Balaban J connectivity index is 1.65. The SMILES string of the molecule is CCNC(=NCc1ccc(C)cc1OC1CCOC1)NCC1(O)CCC1. The number of nitrogens with zero attached hydrogens (tertiary/aromatic N) is 1. The van der Waals surface area contributed by atoms with Gasteiger partial charge in [0.1, 0.15) is 11.9 Å². The molecule has 0 spiro atoms. The second-order valence-corrected chi connectivity index (χ2v) is 7.34. The van der Waals surface area contributed by atoms with Gasteiger partial charge in [-0.1, -0.05) is 12.1 Å². The van der Waals surface area contributed by atoms with E-state index in [-0.39, 0.29) is 6.10 Å². The van der Waals surface area contributed by atoms with E-state index in [1.54, 1.807) is 0 Å². The van der Waals surface area contributed by atoms with Gasteiger partial charge in [-0.15, -0.1) is 0 Å². The molecule has 2 fully saturated rings. The molecule has 0 aromatic heterocycles. The van der Waals surface area contributed by atoms with Gasteiger partial charge in [0.15, 0.2) is 5.96 Å². The van der Waals surface area contributed by atoms with E-state index in [0.717, 1.165) is 56.1 Å². The molecule has 26 heavy (non-hydrogen) atoms. The zero-order chi connectivity index (χ0) is 18.4. The normalized spacial score (nSPS) is 22.0. The molecule has 1 atom stereocenters. The molecule has 0 amide bonds. The van der Waals surface area contributed by atoms with E-state index >= 15 is 0 Å². The summed E-state index contributed by atoms with van der Waals surface area (Å²) in [7, 11) is 0. The Hall–Kier alpha value is -1.79. The molecule has 1 aliphatic carbocycles. The Morgan fingerprint density at radius 2 is 2.23 bits per heavy atom. The van der Waals surface area contributed by atoms with E-state index in [9.17, 15) is 5.11 Å². The maximum Gasteiger partial charge on any atom is 0.191 e. The fourth-order valence-electron chi connectivity index (χ4n) is 3.20. The van der Waals surface area contributed by atoms with Crippen LogP contribution < -0.4 is 15.4 Å². The van der Waals surface area contributed by atoms with Gasteiger partial charge in [-0.25, -0.2) is 4.99 Å². The number of nitrogens with one attached hydrogen (secondary N) is 2. The number of rotatable bonds is 7. The fourth-order valence-corrected chi connectivity index (χ4v) is 3.20. The number of benzene rings is 1. The minimum Gasteiger partial charge on any atom is -0.488 e. The molecule has 3 rings (SSSR count). The highest BCUT2D eigenvalue weighted by Crippen LogP contribution is 2.30. The highest BCUT2D eigenvalue weighted by Gasteiger charge is 2.34. The van der Waals surface area contributed by atoms with Crippen molar-refractivity contribution < 1.29 is 14.6 Å². The molecule has 1 aromatic rings. The minimum atomic E-state index is -0.573. The van der Waals surface area contributed by atoms with Crippen LogP contribution >= 0.6 is 0 Å². The molecule has 0 bridgehead atoms. The van der Waals surface area contributed by atoms with E-state index < -0.39 is 5.60 Å². The molecular weight excluding hydrogens is 330 g/mol. The molecule has 3 N–H and O–H groups in total. The van der Waals surface area contributed by atoms with Crippen molar-refractivity contribution in [2.75, 3.05) is 26.3 Å². The lowest BCUT2D eigenvalue weighted by Crippen LogP contribution is -2.50. The Morgan fingerprint density at radius 1 is 1.38 bits per heavy atom. The van der Waals surface area contributed by atoms with Crippen LogP contribution in [0.25, 0.3) is 0 Å². The van der Waals surface area contributed by atoms with E-state index in [4.69, 9.17) is 9.47 Å². The van der Waals surface area contributed by atoms with Gasteiger partial charge < -0.3 is 25.2 Å². The van der Waals surface area contributed by atoms with Crippen LogP contribution in [0.5, 0.6) is 5.75 Å². The largest absolute Gasteiger partial charge is 0.488 e. The second kappa shape index (κ2) is 8.73. The summed E-state index contributed by atoms with van der Waals surface area (Å²) in [6.45, 7) is 7.36. The lowest BCUT2D eigenvalue weighted by atomic mass is 9.80. The van der Waals surface area contributed by atoms with E-state index in [1.165, 1.54) is 5.56 Å². The van der Waals surface area contributed by atoms with Gasteiger partial charge in [-0.2, -0.15) is 0 Å². The third-order valence-corrected chi connectivity index (χ3v) is 5.03. The third-order valence-electron chi connectivity index (χ3n) is 5.03. The first kappa shape index (κ1) is 19.0. The predicted octanol–water partition coefficient (Wildman–Crippen LogP) is 2.13. The highest BCUT2D eigenvalue weighted by atomic mass is 16.5. The molecule has 1 aliphatic heterocycles. The summed E-state index contributed by atoms with van der Waals surface area (Å²) in [5, 5.41) is 16.8. The predicted molar refractivity (Wildman–Crippen MR) is 103 cm³/mol. The Kier molecular flexibility index (Phi) is 6.38. The lowest BCUT2D eigenvalue weighted by molar-refractivity contribution is -0.0279. The summed E-state index contributed by atoms with van der Waals surface area (Å²) in [5.41, 5.74) is 1.66. The van der Waals surface area contributed by atoms with Crippen LogP contribution in [0.4, 0.5) is 0 Å². The quantitative estimate of drug-likeness (QED) is 0.512. The van der Waals surface area contributed by atoms with Crippen molar-refractivity contribution in [3.05, 3.63) is 29.3 Å². The summed E-state index contributed by atoms with van der Waals surface area (Å²) in [6, 6.07) is 6.23. The van der Waals surface area contributed by atoms with Gasteiger partial charge in [0.05, 0.1) is 25.4 Å². The molecule has 2 aliphatic rings. The maximum atomic E-state index is 10.3. The number of hydrogen-bond acceptors (Lipinski definition) is 4. The van der Waals surface area contributed by atoms with E-state index in [0.29, 0.717) is 19.7 Å². The van der Waals surface area contributed by atoms with Crippen molar-refractivity contribution >= 4 is 5.96 Å². The van der Waals surface area contributed by atoms with Crippen LogP contribution in [0.3, 0.4) is 0 Å². The van der Waals surface area contributed by atoms with E-state index in [2.05, 4.69) is 40.7 Å². The van der Waals surface area contributed by atoms with Crippen molar-refractivity contribution in [3.8, 4) is 5.75 Å². The molecule has 1 heterocycles. The van der Waals surface area contributed by atoms with Gasteiger partial charge in [-0.05, 0) is 44.7 Å². The maximum absolute atomic E-state index is 10.3. The van der Waals surface area contributed by atoms with Gasteiger partial charge in [0, 0.05) is 25.1 Å². The van der Waals surface area contributed by atoms with Crippen molar-refractivity contribution in [2.45, 2.75) is 57.8 Å². The first-order valence-corrected chi connectivity index (χ1v) is 9.66. The van der Waals surface area contributed by atoms with Crippen LogP contribution in [0.1, 0.15) is 43.7 Å². The van der Waals surface area contributed by atoms with Crippen LogP contribution in [0.15, 0.2) is 23.2 Å². The smallest absolute Gasteiger partial charge is 0.191 e. The molecule has 1 aromatic carbocycles. The monoisotopic (exact) mass is 361 g/mol. The van der Waals surface area contributed by atoms with Crippen LogP contribution in [-0.4, -0.2) is 49.1 Å². The number of aliphatic hydroxyl groups is 1. The number of guanidine groups is 1. The lowest BCUT2D eigenvalue weighted by Gasteiger charge is -2.37. The zero-order valence-electron chi connectivity index (χ0n) is 15.9. The average molecular weight is 361 g/mol. The van der Waals surface area contributed by atoms with Gasteiger partial charge in [0.25, 0.3) is 0 Å². The summed E-state index contributed by atoms with van der Waals surface area (Å²) in [6.07, 6.45) is 3.87. The molecule has 6 heteroatoms. The standard InChI is InChI=1S/C20H31N3O3/c1-3-21-19(23-14-20(24)8-4-9-20)22-12-16-6-5-15(2)11-18(16)26-17-7-10-25-13-17/h5-6,11,17,24H,3-4,7-10,12-14H2,1-2H3,(H2,21,22,23). The highest BCUT2D eigenvalue weighted by molar-refractivity contribution is 5.79. The average Bonchev–Trinajstić information content (AvgIpc) is 3.10. The Bertz CT molecular complexity index is 623. The van der Waals surface area contributed by atoms with Gasteiger partial charge in [0.2, 0.25) is 0 Å². The molecule has 144 valence electrons. The fraction of sp³-hybridized carbons (Fsp3) is 0.650. The molecule has 6 nitrogen and oxygen atoms in total. The number of ether oxygens (including phenoxy) is 2. The first-order valence-electron chi connectivity index (χ1n) is 9.66. The minimum absolute atomic E-state index is 0.124.